The number of aliphatic carboxylic acids is 1. The molecule has 0 amide bonds. The molecule has 5 rings (SSSR count). The van der Waals surface area contributed by atoms with Crippen LogP contribution in [0.1, 0.15) is 64.7 Å². The number of hydrogen-bond donors (Lipinski definition) is 6. The molecule has 0 fully saturated rings. The van der Waals surface area contributed by atoms with Gasteiger partial charge in [0.25, 0.3) is 0 Å². The molecule has 15 nitrogen and oxygen atoms in total. The first-order valence-electron chi connectivity index (χ1n) is 14.5. The Balaban J connectivity index is 0.000000209. The number of carbonyl (C=O) groups is 5. The molecule has 0 unspecified atom stereocenters. The highest BCUT2D eigenvalue weighted by atomic mass is 35.5. The molecule has 6 N–H and O–H groups in total. The van der Waals surface area contributed by atoms with Crippen LogP contribution in [-0.2, 0) is 17.8 Å². The highest BCUT2D eigenvalue weighted by Crippen LogP contribution is 2.36. The summed E-state index contributed by atoms with van der Waals surface area (Å²) in [6, 6.07) is 17.2. The summed E-state index contributed by atoms with van der Waals surface area (Å²) >= 11 is 5.97. The molecule has 2 heterocycles. The quantitative estimate of drug-likeness (QED) is 0.0822. The first kappa shape index (κ1) is 38.0. The molecule has 4 aromatic rings. The van der Waals surface area contributed by atoms with Crippen LogP contribution in [0.15, 0.2) is 72.9 Å². The largest absolute Gasteiger partial charge is 0.480 e. The number of carboxylic acids is 5. The van der Waals surface area contributed by atoms with Gasteiger partial charge in [0.2, 0.25) is 6.20 Å². The van der Waals surface area contributed by atoms with Gasteiger partial charge in [-0.3, -0.25) is 14.9 Å². The number of aryl methyl sites for hydroxylation is 1. The first-order chi connectivity index (χ1) is 23.6. The van der Waals surface area contributed by atoms with Crippen molar-refractivity contribution in [1.82, 2.24) is 4.57 Å². The molecule has 1 aliphatic rings. The summed E-state index contributed by atoms with van der Waals surface area (Å²) in [5.41, 5.74) is 3.48. The summed E-state index contributed by atoms with van der Waals surface area (Å²) in [6.45, 7) is 2.15. The number of nitrogens with zero attached hydrogens (tertiary/aromatic N) is 2. The third kappa shape index (κ3) is 10.0. The Kier molecular flexibility index (Phi) is 13.0. The average Bonchev–Trinajstić information content (AvgIpc) is 3.65. The second-order valence-corrected chi connectivity index (χ2v) is 11.0. The average molecular weight is 708 g/mol. The van der Waals surface area contributed by atoms with Crippen molar-refractivity contribution in [3.8, 4) is 11.3 Å². The molecule has 16 heteroatoms. The van der Waals surface area contributed by atoms with E-state index in [-0.39, 0.29) is 28.8 Å². The van der Waals surface area contributed by atoms with Crippen LogP contribution in [-0.4, -0.2) is 71.4 Å². The van der Waals surface area contributed by atoms with Gasteiger partial charge in [0.15, 0.2) is 0 Å². The van der Waals surface area contributed by atoms with Gasteiger partial charge in [-0.2, -0.15) is 0 Å². The first-order valence-corrected chi connectivity index (χ1v) is 14.9. The fraction of sp³-hybridized carbons (Fsp3) is 0.147. The smallest absolute Gasteiger partial charge is 0.338 e. The number of hydrogen-bond acceptors (Lipinski definition) is 8. The summed E-state index contributed by atoms with van der Waals surface area (Å²) in [4.78, 5) is 63.9. The van der Waals surface area contributed by atoms with E-state index in [1.165, 1.54) is 36.4 Å². The summed E-state index contributed by atoms with van der Waals surface area (Å²) in [5.74, 6) is -5.45. The molecule has 3 aromatic carbocycles. The van der Waals surface area contributed by atoms with Crippen LogP contribution in [0.2, 0.25) is 5.02 Å². The van der Waals surface area contributed by atoms with Gasteiger partial charge in [-0.25, -0.2) is 19.2 Å². The number of nitro groups is 1. The third-order valence-electron chi connectivity index (χ3n) is 7.12. The van der Waals surface area contributed by atoms with Gasteiger partial charge in [0.05, 0.1) is 32.9 Å². The van der Waals surface area contributed by atoms with Crippen LogP contribution in [0.3, 0.4) is 0 Å². The molecular weight excluding hydrogens is 678 g/mol. The Morgan fingerprint density at radius 2 is 1.50 bits per heavy atom. The maximum atomic E-state index is 11.6. The number of aromatic carboxylic acids is 4. The van der Waals surface area contributed by atoms with Gasteiger partial charge in [0, 0.05) is 34.6 Å². The Bertz CT molecular complexity index is 2000. The van der Waals surface area contributed by atoms with Crippen molar-refractivity contribution < 1.29 is 54.4 Å². The molecule has 0 bridgehead atoms. The molecule has 1 aromatic heterocycles. The number of benzene rings is 3. The van der Waals surface area contributed by atoms with E-state index in [9.17, 15) is 44.3 Å². The Hall–Kier alpha value is -6.48. The molecule has 260 valence electrons. The van der Waals surface area contributed by atoms with Gasteiger partial charge < -0.3 is 35.4 Å². The molecule has 0 radical (unpaired) electrons. The number of carboxylic acid groups (broad SMARTS) is 5. The molecule has 0 saturated carbocycles. The minimum absolute atomic E-state index is 0.102. The minimum Gasteiger partial charge on any atom is -0.480 e. The van der Waals surface area contributed by atoms with Crippen molar-refractivity contribution in [3.05, 3.63) is 127 Å². The molecule has 50 heavy (non-hydrogen) atoms. The lowest BCUT2D eigenvalue weighted by atomic mass is 10.0. The van der Waals surface area contributed by atoms with Crippen LogP contribution < -0.4 is 5.32 Å². The fourth-order valence-electron chi connectivity index (χ4n) is 5.04. The van der Waals surface area contributed by atoms with Gasteiger partial charge in [0.1, 0.15) is 6.54 Å². The van der Waals surface area contributed by atoms with E-state index in [2.05, 4.69) is 5.32 Å². The summed E-state index contributed by atoms with van der Waals surface area (Å²) in [6.07, 6.45) is 3.39. The van der Waals surface area contributed by atoms with Crippen molar-refractivity contribution in [1.29, 1.82) is 0 Å². The van der Waals surface area contributed by atoms with Gasteiger partial charge in [-0.1, -0.05) is 35.9 Å². The highest BCUT2D eigenvalue weighted by molar-refractivity contribution is 6.30. The number of nitrogens with one attached hydrogen (secondary N) is 1. The predicted molar refractivity (Wildman–Crippen MR) is 181 cm³/mol. The van der Waals surface area contributed by atoms with Gasteiger partial charge in [-0.15, -0.1) is 0 Å². The van der Waals surface area contributed by atoms with Crippen molar-refractivity contribution in [2.24, 2.45) is 0 Å². The van der Waals surface area contributed by atoms with Crippen molar-refractivity contribution >= 4 is 53.2 Å². The molecule has 0 aliphatic carbocycles. The summed E-state index contributed by atoms with van der Waals surface area (Å²) in [5, 5.41) is 57.8. The van der Waals surface area contributed by atoms with Crippen molar-refractivity contribution in [3.63, 3.8) is 0 Å². The predicted octanol–water partition coefficient (Wildman–Crippen LogP) is 5.97. The lowest BCUT2D eigenvalue weighted by Gasteiger charge is -2.08. The van der Waals surface area contributed by atoms with Crippen molar-refractivity contribution in [2.75, 3.05) is 11.9 Å². The maximum Gasteiger partial charge on any atom is 0.338 e. The second-order valence-electron chi connectivity index (χ2n) is 10.5. The second kappa shape index (κ2) is 17.1. The van der Waals surface area contributed by atoms with E-state index in [0.29, 0.717) is 51.8 Å². The van der Waals surface area contributed by atoms with E-state index in [4.69, 9.17) is 26.9 Å². The Labute approximate surface area is 288 Å². The van der Waals surface area contributed by atoms with Crippen LogP contribution in [0, 0.1) is 17.0 Å². The normalized spacial score (nSPS) is 11.3. The highest BCUT2D eigenvalue weighted by Gasteiger charge is 2.33. The van der Waals surface area contributed by atoms with Crippen LogP contribution in [0.25, 0.3) is 17.3 Å². The molecule has 1 aliphatic heterocycles. The topological polar surface area (TPSA) is 247 Å². The van der Waals surface area contributed by atoms with Crippen LogP contribution in [0.4, 0.5) is 5.69 Å². The monoisotopic (exact) mass is 707 g/mol. The summed E-state index contributed by atoms with van der Waals surface area (Å²) < 4.78 is 1.79. The van der Waals surface area contributed by atoms with Gasteiger partial charge in [-0.05, 0) is 73.4 Å². The molecule has 0 atom stereocenters. The zero-order valence-electron chi connectivity index (χ0n) is 26.2. The summed E-state index contributed by atoms with van der Waals surface area (Å²) in [7, 11) is 0. The zero-order chi connectivity index (χ0) is 37.1. The molecular formula is C34H30ClN3O12. The minimum atomic E-state index is -1.23. The van der Waals surface area contributed by atoms with Gasteiger partial charge >= 0.3 is 29.8 Å². The zero-order valence-corrected chi connectivity index (χ0v) is 27.0. The number of halogens is 1. The lowest BCUT2D eigenvalue weighted by molar-refractivity contribution is -0.400. The Morgan fingerprint density at radius 3 is 2.06 bits per heavy atom. The standard InChI is InChI=1S/C15H12ClNO4.C10H11NO4.C9H7NO4/c16-9-4-1-3-8(7-9)13-12(15(20)21)11(14(18)19)10-5-2-6-17(10)13;1-6-4-7(10(14)15)2-3-8(6)11-5-9(12)13;11-9(12)8-3-1-2-7(6-8)4-5-10(13)14/h1,3-4,7H,2,5-6H2,(H,18,19)(H,20,21);2-4,11H,5H2,1H3,(H,12,13)(H,14,15);1-6H,(H,11,12). The van der Waals surface area contributed by atoms with Crippen LogP contribution >= 0.6 is 11.6 Å². The molecule has 0 spiro atoms. The Morgan fingerprint density at radius 1 is 0.860 bits per heavy atom. The van der Waals surface area contributed by atoms with E-state index < -0.39 is 34.8 Å². The van der Waals surface area contributed by atoms with E-state index in [1.54, 1.807) is 47.9 Å². The fourth-order valence-corrected chi connectivity index (χ4v) is 5.23. The number of rotatable bonds is 10. The lowest BCUT2D eigenvalue weighted by Crippen LogP contribution is -2.13. The van der Waals surface area contributed by atoms with Crippen molar-refractivity contribution in [2.45, 2.75) is 26.3 Å². The number of anilines is 1. The van der Waals surface area contributed by atoms with E-state index in [0.717, 1.165) is 12.6 Å². The molecule has 0 saturated heterocycles. The van der Waals surface area contributed by atoms with E-state index >= 15 is 0 Å². The number of fused-ring (bicyclic) bond motifs is 1. The number of aromatic nitrogens is 1. The van der Waals surface area contributed by atoms with Crippen LogP contribution in [0.5, 0.6) is 0 Å². The van der Waals surface area contributed by atoms with E-state index in [1.807, 2.05) is 0 Å². The maximum absolute atomic E-state index is 11.6. The third-order valence-corrected chi connectivity index (χ3v) is 7.35. The SMILES string of the molecule is Cc1cc(C(=O)O)ccc1NCC(=O)O.O=C(O)c1c(C(=O)O)c(-c2cccc(Cl)c2)n2c1CCC2.O=C(O)c1cccc(C=C[N+](=O)[O-])c1.